The van der Waals surface area contributed by atoms with Crippen LogP contribution in [0.25, 0.3) is 0 Å². The van der Waals surface area contributed by atoms with Crippen LogP contribution in [0.15, 0.2) is 48.5 Å². The number of hydrogen-bond acceptors (Lipinski definition) is 5. The fourth-order valence-corrected chi connectivity index (χ4v) is 7.33. The zero-order valence-corrected chi connectivity index (χ0v) is 24.6. The molecule has 212 valence electrons. The summed E-state index contributed by atoms with van der Waals surface area (Å²) in [6, 6.07) is 13.7. The van der Waals surface area contributed by atoms with Gasteiger partial charge in [-0.1, -0.05) is 61.3 Å². The average molecular weight is 597 g/mol. The first-order valence-electron chi connectivity index (χ1n) is 13.1. The molecular formula is C28H35Cl2N3O5S. The van der Waals surface area contributed by atoms with E-state index in [4.69, 9.17) is 23.2 Å². The smallest absolute Gasteiger partial charge is 0.244 e. The summed E-state index contributed by atoms with van der Waals surface area (Å²) < 4.78 is 28.0. The van der Waals surface area contributed by atoms with Crippen molar-refractivity contribution in [2.24, 2.45) is 5.41 Å². The predicted octanol–water partition coefficient (Wildman–Crippen LogP) is 5.20. The summed E-state index contributed by atoms with van der Waals surface area (Å²) in [5, 5.41) is 10.4. The van der Waals surface area contributed by atoms with Gasteiger partial charge in [0.05, 0.1) is 16.2 Å². The van der Waals surface area contributed by atoms with Gasteiger partial charge in [0.15, 0.2) is 0 Å². The third-order valence-corrected chi connectivity index (χ3v) is 11.0. The van der Waals surface area contributed by atoms with Crippen LogP contribution in [0.4, 0.5) is 0 Å². The topological polar surface area (TPSA) is 116 Å². The number of halogens is 2. The zero-order chi connectivity index (χ0) is 28.6. The van der Waals surface area contributed by atoms with Crippen LogP contribution in [0.1, 0.15) is 76.0 Å². The van der Waals surface area contributed by atoms with E-state index < -0.39 is 38.2 Å². The lowest BCUT2D eigenvalue weighted by atomic mass is 9.67. The lowest BCUT2D eigenvalue weighted by Gasteiger charge is -2.52. The highest BCUT2D eigenvalue weighted by Gasteiger charge is 2.53. The van der Waals surface area contributed by atoms with Gasteiger partial charge in [0.25, 0.3) is 0 Å². The van der Waals surface area contributed by atoms with Gasteiger partial charge in [-0.3, -0.25) is 14.8 Å². The number of benzene rings is 2. The van der Waals surface area contributed by atoms with E-state index in [1.54, 1.807) is 42.4 Å². The van der Waals surface area contributed by atoms with Gasteiger partial charge in [-0.2, -0.15) is 0 Å². The number of likely N-dealkylation sites (tertiary alicyclic amines) is 1. The van der Waals surface area contributed by atoms with Crippen LogP contribution < -0.4 is 10.2 Å². The molecule has 1 aliphatic heterocycles. The van der Waals surface area contributed by atoms with Gasteiger partial charge in [-0.25, -0.2) is 18.6 Å². The Morgan fingerprint density at radius 3 is 2.33 bits per heavy atom. The molecule has 0 spiro atoms. The molecule has 2 aromatic rings. The van der Waals surface area contributed by atoms with Crippen LogP contribution in [0, 0.1) is 5.41 Å². The van der Waals surface area contributed by atoms with Gasteiger partial charge in [-0.15, -0.1) is 0 Å². The molecule has 1 saturated carbocycles. The van der Waals surface area contributed by atoms with E-state index in [1.165, 1.54) is 0 Å². The molecule has 1 heterocycles. The van der Waals surface area contributed by atoms with Crippen molar-refractivity contribution in [3.05, 3.63) is 69.7 Å². The van der Waals surface area contributed by atoms with E-state index in [-0.39, 0.29) is 24.8 Å². The van der Waals surface area contributed by atoms with Gasteiger partial charge in [0, 0.05) is 35.0 Å². The van der Waals surface area contributed by atoms with E-state index in [2.05, 4.69) is 4.72 Å². The van der Waals surface area contributed by atoms with Crippen LogP contribution >= 0.6 is 23.2 Å². The fourth-order valence-electron chi connectivity index (χ4n) is 5.61. The highest BCUT2D eigenvalue weighted by molar-refractivity contribution is 7.91. The van der Waals surface area contributed by atoms with Crippen LogP contribution in [0.2, 0.25) is 10.0 Å². The van der Waals surface area contributed by atoms with Gasteiger partial charge in [0.2, 0.25) is 21.8 Å². The van der Waals surface area contributed by atoms with Crippen LogP contribution in [0.3, 0.4) is 0 Å². The van der Waals surface area contributed by atoms with Crippen molar-refractivity contribution in [1.82, 2.24) is 15.1 Å². The van der Waals surface area contributed by atoms with Crippen LogP contribution in [-0.2, 0) is 19.6 Å². The van der Waals surface area contributed by atoms with Crippen LogP contribution in [-0.4, -0.2) is 47.7 Å². The van der Waals surface area contributed by atoms with Crippen molar-refractivity contribution in [2.45, 2.75) is 75.6 Å². The Labute approximate surface area is 240 Å². The Kier molecular flexibility index (Phi) is 8.69. The maximum absolute atomic E-state index is 14.4. The average Bonchev–Trinajstić information content (AvgIpc) is 3.66. The summed E-state index contributed by atoms with van der Waals surface area (Å²) in [5.41, 5.74) is 2.21. The zero-order valence-electron chi connectivity index (χ0n) is 22.3. The first-order chi connectivity index (χ1) is 18.3. The molecule has 2 aromatic carbocycles. The van der Waals surface area contributed by atoms with E-state index in [0.717, 1.165) is 11.1 Å². The van der Waals surface area contributed by atoms with E-state index in [0.29, 0.717) is 35.7 Å². The number of amides is 2. The van der Waals surface area contributed by atoms with E-state index in [9.17, 15) is 23.2 Å². The molecule has 4 rings (SSSR count). The van der Waals surface area contributed by atoms with Gasteiger partial charge in [0.1, 0.15) is 0 Å². The molecule has 1 aliphatic carbocycles. The lowest BCUT2D eigenvalue weighted by Crippen LogP contribution is -2.58. The maximum atomic E-state index is 14.4. The first kappa shape index (κ1) is 29.8. The number of hydroxylamine groups is 1. The quantitative estimate of drug-likeness (QED) is 0.258. The predicted molar refractivity (Wildman–Crippen MR) is 151 cm³/mol. The van der Waals surface area contributed by atoms with E-state index in [1.807, 2.05) is 37.3 Å². The Morgan fingerprint density at radius 2 is 1.77 bits per heavy atom. The number of nitrogens with zero attached hydrogens (tertiary/aromatic N) is 1. The standard InChI is InChI=1S/C28H35Cl2N3O5S/c1-4-22(17-31-39(37,38)28(3)12-13-28)33-25(18-8-10-20(29)11-9-18)23(19-6-5-7-21(30)14-19)15-27(2,26(33)35)16-24(34)32-36/h5-11,14,22-23,25,31,36H,4,12-13,15-17H2,1-3H3,(H,32,34)/t22-,23+,25+,27+/m0/s1. The molecule has 2 aliphatic rings. The number of piperidine rings is 1. The van der Waals surface area contributed by atoms with Crippen molar-refractivity contribution in [3.63, 3.8) is 0 Å². The van der Waals surface area contributed by atoms with Crippen molar-refractivity contribution >= 4 is 45.0 Å². The molecule has 2 fully saturated rings. The monoisotopic (exact) mass is 595 g/mol. The molecule has 1 saturated heterocycles. The lowest BCUT2D eigenvalue weighted by molar-refractivity contribution is -0.158. The van der Waals surface area contributed by atoms with Crippen LogP contribution in [0.5, 0.6) is 0 Å². The summed E-state index contributed by atoms with van der Waals surface area (Å²) >= 11 is 12.6. The third-order valence-electron chi connectivity index (χ3n) is 8.24. The minimum atomic E-state index is -3.58. The molecule has 39 heavy (non-hydrogen) atoms. The maximum Gasteiger partial charge on any atom is 0.244 e. The van der Waals surface area contributed by atoms with Crippen molar-refractivity contribution in [2.75, 3.05) is 6.54 Å². The largest absolute Gasteiger partial charge is 0.330 e. The molecular weight excluding hydrogens is 561 g/mol. The number of sulfonamides is 1. The van der Waals surface area contributed by atoms with E-state index >= 15 is 0 Å². The fraction of sp³-hybridized carbons (Fsp3) is 0.500. The molecule has 0 unspecified atom stereocenters. The highest BCUT2D eigenvalue weighted by atomic mass is 35.5. The number of carbonyl (C=O) groups is 2. The summed E-state index contributed by atoms with van der Waals surface area (Å²) in [6.45, 7) is 5.38. The molecule has 0 radical (unpaired) electrons. The van der Waals surface area contributed by atoms with Crippen molar-refractivity contribution in [1.29, 1.82) is 0 Å². The SMILES string of the molecule is CC[C@@H](CNS(=O)(=O)C1(C)CC1)N1C(=O)[C@@](C)(CC(=O)NO)C[C@H](c2cccc(Cl)c2)[C@H]1c1ccc(Cl)cc1. The first-order valence-corrected chi connectivity index (χ1v) is 15.3. The molecule has 11 heteroatoms. The molecule has 0 aromatic heterocycles. The molecule has 4 atom stereocenters. The Balaban J connectivity index is 1.83. The Bertz CT molecular complexity index is 1330. The summed E-state index contributed by atoms with van der Waals surface area (Å²) in [4.78, 5) is 28.5. The minimum Gasteiger partial charge on any atom is -0.330 e. The summed E-state index contributed by atoms with van der Waals surface area (Å²) in [6.07, 6.45) is 1.74. The number of carbonyl (C=O) groups excluding carboxylic acids is 2. The number of nitrogens with one attached hydrogen (secondary N) is 2. The minimum absolute atomic E-state index is 0.0365. The third kappa shape index (κ3) is 6.12. The highest BCUT2D eigenvalue weighted by Crippen LogP contribution is 2.52. The molecule has 8 nitrogen and oxygen atoms in total. The van der Waals surface area contributed by atoms with Gasteiger partial charge >= 0.3 is 0 Å². The second-order valence-corrected chi connectivity index (χ2v) is 14.4. The number of hydrogen-bond donors (Lipinski definition) is 3. The van der Waals surface area contributed by atoms with Gasteiger partial charge < -0.3 is 4.90 Å². The second-order valence-electron chi connectivity index (χ2n) is 11.2. The Hall–Kier alpha value is -2.17. The molecule has 0 bridgehead atoms. The Morgan fingerprint density at radius 1 is 1.10 bits per heavy atom. The van der Waals surface area contributed by atoms with Crippen molar-refractivity contribution in [3.8, 4) is 0 Å². The van der Waals surface area contributed by atoms with Gasteiger partial charge in [-0.05, 0) is 68.0 Å². The second kappa shape index (κ2) is 11.4. The molecule has 3 N–H and O–H groups in total. The normalized spacial score (nSPS) is 25.3. The molecule has 2 amide bonds. The number of rotatable bonds is 10. The van der Waals surface area contributed by atoms with Crippen molar-refractivity contribution < 1.29 is 23.2 Å². The summed E-state index contributed by atoms with van der Waals surface area (Å²) in [5.74, 6) is -1.24. The summed E-state index contributed by atoms with van der Waals surface area (Å²) in [7, 11) is -3.58.